The van der Waals surface area contributed by atoms with Gasteiger partial charge < -0.3 is 19.8 Å². The number of H-pyrrole nitrogens is 1. The highest BCUT2D eigenvalue weighted by Gasteiger charge is 2.24. The molecule has 0 bridgehead atoms. The van der Waals surface area contributed by atoms with Gasteiger partial charge in [-0.3, -0.25) is 4.79 Å². The average molecular weight is 324 g/mol. The number of nitrogens with one attached hydrogen (secondary N) is 2. The molecule has 1 aromatic rings. The fourth-order valence-electron chi connectivity index (χ4n) is 2.04. The van der Waals surface area contributed by atoms with E-state index in [-0.39, 0.29) is 24.8 Å². The lowest BCUT2D eigenvalue weighted by Gasteiger charge is -2.08. The molecule has 0 aliphatic carbocycles. The molecule has 0 saturated heterocycles. The molecule has 1 amide bonds. The van der Waals surface area contributed by atoms with Crippen molar-refractivity contribution in [3.05, 3.63) is 22.5 Å². The predicted octanol–water partition coefficient (Wildman–Crippen LogP) is 1.74. The zero-order valence-corrected chi connectivity index (χ0v) is 14.2. The molecule has 0 fully saturated rings. The van der Waals surface area contributed by atoms with E-state index in [4.69, 9.17) is 9.47 Å². The molecule has 0 aliphatic heterocycles. The van der Waals surface area contributed by atoms with E-state index < -0.39 is 11.9 Å². The summed E-state index contributed by atoms with van der Waals surface area (Å²) in [5.74, 6) is -1.22. The lowest BCUT2D eigenvalue weighted by Crippen LogP contribution is -2.31. The summed E-state index contributed by atoms with van der Waals surface area (Å²) in [6.45, 7) is 9.35. The highest BCUT2D eigenvalue weighted by atomic mass is 16.5. The lowest BCUT2D eigenvalue weighted by atomic mass is 10.1. The van der Waals surface area contributed by atoms with Crippen LogP contribution in [0, 0.1) is 19.8 Å². The van der Waals surface area contributed by atoms with Gasteiger partial charge >= 0.3 is 11.9 Å². The van der Waals surface area contributed by atoms with Gasteiger partial charge in [-0.15, -0.1) is 0 Å². The molecule has 0 radical (unpaired) electrons. The molecule has 7 heteroatoms. The summed E-state index contributed by atoms with van der Waals surface area (Å²) in [5.41, 5.74) is 1.45. The predicted molar refractivity (Wildman–Crippen MR) is 84.4 cm³/mol. The third-order valence-corrected chi connectivity index (χ3v) is 3.16. The van der Waals surface area contributed by atoms with Crippen LogP contribution < -0.4 is 5.32 Å². The summed E-state index contributed by atoms with van der Waals surface area (Å²) in [7, 11) is 0. The molecule has 7 nitrogen and oxygen atoms in total. The van der Waals surface area contributed by atoms with Gasteiger partial charge in [0.05, 0.1) is 12.2 Å². The molecule has 1 aromatic heterocycles. The fraction of sp³-hybridized carbons (Fsp3) is 0.562. The van der Waals surface area contributed by atoms with Gasteiger partial charge in [-0.1, -0.05) is 13.8 Å². The third-order valence-electron chi connectivity index (χ3n) is 3.16. The Hall–Kier alpha value is -2.31. The summed E-state index contributed by atoms with van der Waals surface area (Å²) >= 11 is 0. The number of aromatic amines is 1. The summed E-state index contributed by atoms with van der Waals surface area (Å²) in [4.78, 5) is 38.3. The minimum absolute atomic E-state index is 0.155. The van der Waals surface area contributed by atoms with E-state index >= 15 is 0 Å². The van der Waals surface area contributed by atoms with Gasteiger partial charge in [0.15, 0.2) is 6.61 Å². The molecule has 0 spiro atoms. The van der Waals surface area contributed by atoms with Crippen LogP contribution in [0.4, 0.5) is 0 Å². The number of ether oxygens (including phenoxy) is 2. The van der Waals surface area contributed by atoms with Crippen molar-refractivity contribution >= 4 is 17.8 Å². The van der Waals surface area contributed by atoms with E-state index in [9.17, 15) is 14.4 Å². The largest absolute Gasteiger partial charge is 0.462 e. The molecule has 128 valence electrons. The Morgan fingerprint density at radius 1 is 1.13 bits per heavy atom. The van der Waals surface area contributed by atoms with Crippen molar-refractivity contribution in [1.29, 1.82) is 0 Å². The van der Waals surface area contributed by atoms with E-state index in [1.165, 1.54) is 0 Å². The summed E-state index contributed by atoms with van der Waals surface area (Å²) in [6, 6.07) is 0. The second kappa shape index (κ2) is 8.36. The van der Waals surface area contributed by atoms with Crippen LogP contribution in [0.5, 0.6) is 0 Å². The minimum atomic E-state index is -0.680. The van der Waals surface area contributed by atoms with Crippen molar-refractivity contribution in [3.8, 4) is 0 Å². The van der Waals surface area contributed by atoms with Crippen LogP contribution in [-0.2, 0) is 14.3 Å². The Kier molecular flexibility index (Phi) is 6.81. The number of aromatic nitrogens is 1. The number of carbonyl (C=O) groups excluding carboxylic acids is 3. The van der Waals surface area contributed by atoms with E-state index in [0.717, 1.165) is 0 Å². The first kappa shape index (κ1) is 18.7. The Labute approximate surface area is 135 Å². The number of carbonyl (C=O) groups is 3. The van der Waals surface area contributed by atoms with Crippen molar-refractivity contribution in [2.45, 2.75) is 34.6 Å². The smallest absolute Gasteiger partial charge is 0.355 e. The van der Waals surface area contributed by atoms with Gasteiger partial charge in [-0.2, -0.15) is 0 Å². The first-order valence-electron chi connectivity index (χ1n) is 7.58. The molecule has 0 aliphatic rings. The number of esters is 2. The van der Waals surface area contributed by atoms with Gasteiger partial charge in [-0.05, 0) is 32.3 Å². The Balaban J connectivity index is 2.72. The third kappa shape index (κ3) is 5.12. The van der Waals surface area contributed by atoms with E-state index in [2.05, 4.69) is 10.3 Å². The molecule has 0 atom stereocenters. The van der Waals surface area contributed by atoms with Crippen molar-refractivity contribution in [1.82, 2.24) is 10.3 Å². The zero-order chi connectivity index (χ0) is 17.6. The first-order valence-corrected chi connectivity index (χ1v) is 7.58. The maximum atomic E-state index is 12.1. The Morgan fingerprint density at radius 2 is 1.78 bits per heavy atom. The summed E-state index contributed by atoms with van der Waals surface area (Å²) in [5, 5.41) is 2.65. The summed E-state index contributed by atoms with van der Waals surface area (Å²) < 4.78 is 9.94. The van der Waals surface area contributed by atoms with Crippen LogP contribution in [0.1, 0.15) is 52.9 Å². The number of hydrogen-bond acceptors (Lipinski definition) is 5. The van der Waals surface area contributed by atoms with Crippen LogP contribution in [0.3, 0.4) is 0 Å². The standard InChI is InChI=1S/C16H24N2O5/c1-6-22-15(20)13-10(4)14(18-11(13)5)16(21)23-8-12(19)17-7-9(2)3/h9,18H,6-8H2,1-5H3,(H,17,19). The molecule has 1 rings (SSSR count). The van der Waals surface area contributed by atoms with Crippen LogP contribution in [-0.4, -0.2) is 42.6 Å². The van der Waals surface area contributed by atoms with Crippen LogP contribution in [0.15, 0.2) is 0 Å². The molecule has 0 unspecified atom stereocenters. The average Bonchev–Trinajstić information content (AvgIpc) is 2.77. The molecule has 0 aromatic carbocycles. The second-order valence-electron chi connectivity index (χ2n) is 5.62. The van der Waals surface area contributed by atoms with E-state index in [1.54, 1.807) is 20.8 Å². The highest BCUT2D eigenvalue weighted by molar-refractivity contribution is 5.99. The van der Waals surface area contributed by atoms with Crippen molar-refractivity contribution in [3.63, 3.8) is 0 Å². The van der Waals surface area contributed by atoms with Gasteiger partial charge in [0, 0.05) is 12.2 Å². The SMILES string of the molecule is CCOC(=O)c1c(C)[nH]c(C(=O)OCC(=O)NCC(C)C)c1C. The maximum Gasteiger partial charge on any atom is 0.355 e. The zero-order valence-electron chi connectivity index (χ0n) is 14.2. The number of amides is 1. The molecule has 2 N–H and O–H groups in total. The van der Waals surface area contributed by atoms with E-state index in [1.807, 2.05) is 13.8 Å². The maximum absolute atomic E-state index is 12.1. The monoisotopic (exact) mass is 324 g/mol. The van der Waals surface area contributed by atoms with Crippen molar-refractivity contribution in [2.24, 2.45) is 5.92 Å². The number of hydrogen-bond donors (Lipinski definition) is 2. The van der Waals surface area contributed by atoms with Crippen molar-refractivity contribution < 1.29 is 23.9 Å². The van der Waals surface area contributed by atoms with Crippen LogP contribution >= 0.6 is 0 Å². The number of rotatable bonds is 7. The second-order valence-corrected chi connectivity index (χ2v) is 5.62. The fourth-order valence-corrected chi connectivity index (χ4v) is 2.04. The molecular weight excluding hydrogens is 300 g/mol. The highest BCUT2D eigenvalue weighted by Crippen LogP contribution is 2.19. The molecule has 23 heavy (non-hydrogen) atoms. The van der Waals surface area contributed by atoms with Gasteiger partial charge in [0.2, 0.25) is 0 Å². The number of aryl methyl sites for hydroxylation is 1. The molecule has 0 saturated carbocycles. The van der Waals surface area contributed by atoms with Gasteiger partial charge in [0.25, 0.3) is 5.91 Å². The van der Waals surface area contributed by atoms with Crippen LogP contribution in [0.2, 0.25) is 0 Å². The first-order chi connectivity index (χ1) is 10.8. The minimum Gasteiger partial charge on any atom is -0.462 e. The van der Waals surface area contributed by atoms with E-state index in [0.29, 0.717) is 29.3 Å². The normalized spacial score (nSPS) is 10.5. The van der Waals surface area contributed by atoms with Crippen LogP contribution in [0.25, 0.3) is 0 Å². The van der Waals surface area contributed by atoms with Gasteiger partial charge in [-0.25, -0.2) is 9.59 Å². The quantitative estimate of drug-likeness (QED) is 0.745. The van der Waals surface area contributed by atoms with Gasteiger partial charge in [0.1, 0.15) is 5.69 Å². The Bertz CT molecular complexity index is 590. The Morgan fingerprint density at radius 3 is 2.35 bits per heavy atom. The van der Waals surface area contributed by atoms with Crippen molar-refractivity contribution in [2.75, 3.05) is 19.8 Å². The molecule has 1 heterocycles. The molecular formula is C16H24N2O5. The summed E-state index contributed by atoms with van der Waals surface area (Å²) in [6.07, 6.45) is 0. The lowest BCUT2D eigenvalue weighted by molar-refractivity contribution is -0.124. The topological polar surface area (TPSA) is 97.5 Å².